The molecule has 1 saturated carbocycles. The third-order valence-electron chi connectivity index (χ3n) is 5.31. The summed E-state index contributed by atoms with van der Waals surface area (Å²) in [5.74, 6) is 0.748. The highest BCUT2D eigenvalue weighted by atomic mass is 16.2. The maximum absolute atomic E-state index is 12.3. The largest absolute Gasteiger partial charge is 0.356 e. The number of amides is 1. The predicted molar refractivity (Wildman–Crippen MR) is 91.6 cm³/mol. The van der Waals surface area contributed by atoms with Crippen LogP contribution in [0.3, 0.4) is 0 Å². The summed E-state index contributed by atoms with van der Waals surface area (Å²) in [4.78, 5) is 24.2. The van der Waals surface area contributed by atoms with Gasteiger partial charge in [0.15, 0.2) is 5.78 Å². The van der Waals surface area contributed by atoms with Crippen molar-refractivity contribution in [3.63, 3.8) is 0 Å². The van der Waals surface area contributed by atoms with E-state index in [1.54, 1.807) is 0 Å². The van der Waals surface area contributed by atoms with Gasteiger partial charge in [-0.25, -0.2) is 0 Å². The van der Waals surface area contributed by atoms with Crippen molar-refractivity contribution < 1.29 is 9.59 Å². The molecule has 0 heterocycles. The Bertz CT molecular complexity index is 573. The lowest BCUT2D eigenvalue weighted by atomic mass is 9.89. The van der Waals surface area contributed by atoms with Crippen LogP contribution in [-0.4, -0.2) is 18.2 Å². The van der Waals surface area contributed by atoms with Gasteiger partial charge in [-0.05, 0) is 55.2 Å². The number of rotatable bonds is 6. The third kappa shape index (κ3) is 4.43. The molecule has 0 bridgehead atoms. The molecule has 0 spiro atoms. The van der Waals surface area contributed by atoms with E-state index in [0.717, 1.165) is 24.9 Å². The Morgan fingerprint density at radius 1 is 0.957 bits per heavy atom. The van der Waals surface area contributed by atoms with Crippen LogP contribution in [0.2, 0.25) is 0 Å². The Kier molecular flexibility index (Phi) is 5.47. The highest BCUT2D eigenvalue weighted by molar-refractivity contribution is 5.98. The first-order valence-corrected chi connectivity index (χ1v) is 9.14. The van der Waals surface area contributed by atoms with Crippen LogP contribution in [0.5, 0.6) is 0 Å². The number of carbonyl (C=O) groups excluding carboxylic acids is 2. The monoisotopic (exact) mass is 313 g/mol. The average molecular weight is 313 g/mol. The number of fused-ring (bicyclic) bond motifs is 1. The van der Waals surface area contributed by atoms with Crippen molar-refractivity contribution >= 4 is 11.7 Å². The number of hydrogen-bond acceptors (Lipinski definition) is 2. The first-order chi connectivity index (χ1) is 11.2. The van der Waals surface area contributed by atoms with Crippen molar-refractivity contribution in [2.45, 2.75) is 64.2 Å². The van der Waals surface area contributed by atoms with Gasteiger partial charge in [0.2, 0.25) is 5.91 Å². The molecule has 23 heavy (non-hydrogen) atoms. The number of Topliss-reactive ketones (excluding diaryl/α,β-unsaturated/α-hetero) is 1. The zero-order chi connectivity index (χ0) is 16.1. The summed E-state index contributed by atoms with van der Waals surface area (Å²) >= 11 is 0. The van der Waals surface area contributed by atoms with E-state index in [4.69, 9.17) is 0 Å². The maximum Gasteiger partial charge on any atom is 0.220 e. The molecule has 1 N–H and O–H groups in total. The van der Waals surface area contributed by atoms with Gasteiger partial charge >= 0.3 is 0 Å². The van der Waals surface area contributed by atoms with Crippen LogP contribution >= 0.6 is 0 Å². The Morgan fingerprint density at radius 2 is 1.74 bits per heavy atom. The fourth-order valence-electron chi connectivity index (χ4n) is 3.85. The van der Waals surface area contributed by atoms with E-state index >= 15 is 0 Å². The summed E-state index contributed by atoms with van der Waals surface area (Å²) in [5, 5.41) is 3.01. The molecule has 1 fully saturated rings. The molecule has 0 unspecified atom stereocenters. The number of nitrogens with one attached hydrogen (secondary N) is 1. The Hall–Kier alpha value is -1.64. The fourth-order valence-corrected chi connectivity index (χ4v) is 3.85. The average Bonchev–Trinajstić information content (AvgIpc) is 3.06. The number of benzene rings is 1. The van der Waals surface area contributed by atoms with Gasteiger partial charge in [-0.3, -0.25) is 9.59 Å². The summed E-state index contributed by atoms with van der Waals surface area (Å²) in [6.45, 7) is 0.784. The molecule has 3 rings (SSSR count). The lowest BCUT2D eigenvalue weighted by Gasteiger charge is -2.21. The molecule has 1 aromatic rings. The van der Waals surface area contributed by atoms with Crippen molar-refractivity contribution in [1.29, 1.82) is 0 Å². The Labute approximate surface area is 138 Å². The van der Waals surface area contributed by atoms with Gasteiger partial charge in [0, 0.05) is 24.9 Å². The first kappa shape index (κ1) is 16.2. The van der Waals surface area contributed by atoms with Gasteiger partial charge < -0.3 is 5.32 Å². The molecule has 1 aromatic carbocycles. The smallest absolute Gasteiger partial charge is 0.220 e. The molecular formula is C20H27NO2. The second-order valence-electron chi connectivity index (χ2n) is 7.07. The summed E-state index contributed by atoms with van der Waals surface area (Å²) in [7, 11) is 0. The summed E-state index contributed by atoms with van der Waals surface area (Å²) in [5.41, 5.74) is 3.47. The standard InChI is InChI=1S/C20H27NO2/c22-19(18-10-9-16-7-4-8-17(16)13-18)11-12-20(23)21-14-15-5-2-1-3-6-15/h9-10,13,15H,1-8,11-12,14H2,(H,21,23). The normalized spacial score (nSPS) is 17.7. The molecule has 1 amide bonds. The van der Waals surface area contributed by atoms with Gasteiger partial charge in [0.05, 0.1) is 0 Å². The topological polar surface area (TPSA) is 46.2 Å². The van der Waals surface area contributed by atoms with Crippen LogP contribution in [-0.2, 0) is 17.6 Å². The minimum absolute atomic E-state index is 0.0186. The number of hydrogen-bond donors (Lipinski definition) is 1. The lowest BCUT2D eigenvalue weighted by Crippen LogP contribution is -2.30. The van der Waals surface area contributed by atoms with Crippen LogP contribution in [0.1, 0.15) is 72.9 Å². The van der Waals surface area contributed by atoms with Gasteiger partial charge in [-0.15, -0.1) is 0 Å². The van der Waals surface area contributed by atoms with E-state index in [2.05, 4.69) is 11.4 Å². The van der Waals surface area contributed by atoms with Crippen LogP contribution < -0.4 is 5.32 Å². The predicted octanol–water partition coefficient (Wildman–Crippen LogP) is 3.83. The quantitative estimate of drug-likeness (QED) is 0.811. The van der Waals surface area contributed by atoms with Gasteiger partial charge in [0.1, 0.15) is 0 Å². The van der Waals surface area contributed by atoms with Crippen LogP contribution in [0.15, 0.2) is 18.2 Å². The van der Waals surface area contributed by atoms with Crippen molar-refractivity contribution in [3.8, 4) is 0 Å². The summed E-state index contributed by atoms with van der Waals surface area (Å²) in [6.07, 6.45) is 10.4. The first-order valence-electron chi connectivity index (χ1n) is 9.14. The molecule has 0 saturated heterocycles. The lowest BCUT2D eigenvalue weighted by molar-refractivity contribution is -0.121. The summed E-state index contributed by atoms with van der Waals surface area (Å²) < 4.78 is 0. The van der Waals surface area contributed by atoms with Crippen molar-refractivity contribution in [1.82, 2.24) is 5.32 Å². The van der Waals surface area contributed by atoms with Gasteiger partial charge in [0.25, 0.3) is 0 Å². The van der Waals surface area contributed by atoms with E-state index in [0.29, 0.717) is 18.8 Å². The SMILES string of the molecule is O=C(CCC(=O)c1ccc2c(c1)CCC2)NCC1CCCCC1. The molecule has 124 valence electrons. The number of carbonyl (C=O) groups is 2. The zero-order valence-electron chi connectivity index (χ0n) is 13.9. The second kappa shape index (κ2) is 7.76. The van der Waals surface area contributed by atoms with E-state index < -0.39 is 0 Å². The molecule has 0 aromatic heterocycles. The third-order valence-corrected chi connectivity index (χ3v) is 5.31. The number of aryl methyl sites for hydroxylation is 2. The summed E-state index contributed by atoms with van der Waals surface area (Å²) in [6, 6.07) is 6.04. The van der Waals surface area contributed by atoms with E-state index in [1.165, 1.54) is 49.7 Å². The minimum Gasteiger partial charge on any atom is -0.356 e. The van der Waals surface area contributed by atoms with Crippen LogP contribution in [0, 0.1) is 5.92 Å². The minimum atomic E-state index is 0.0186. The second-order valence-corrected chi connectivity index (χ2v) is 7.07. The molecule has 0 atom stereocenters. The fraction of sp³-hybridized carbons (Fsp3) is 0.600. The molecule has 2 aliphatic rings. The zero-order valence-corrected chi connectivity index (χ0v) is 13.9. The molecule has 0 aliphatic heterocycles. The van der Waals surface area contributed by atoms with Gasteiger partial charge in [-0.2, -0.15) is 0 Å². The van der Waals surface area contributed by atoms with Crippen molar-refractivity contribution in [2.75, 3.05) is 6.54 Å². The van der Waals surface area contributed by atoms with Crippen molar-refractivity contribution in [3.05, 3.63) is 34.9 Å². The molecular weight excluding hydrogens is 286 g/mol. The van der Waals surface area contributed by atoms with Crippen LogP contribution in [0.25, 0.3) is 0 Å². The van der Waals surface area contributed by atoms with Crippen molar-refractivity contribution in [2.24, 2.45) is 5.92 Å². The van der Waals surface area contributed by atoms with E-state index in [1.807, 2.05) is 12.1 Å². The van der Waals surface area contributed by atoms with E-state index in [-0.39, 0.29) is 11.7 Å². The number of ketones is 1. The van der Waals surface area contributed by atoms with E-state index in [9.17, 15) is 9.59 Å². The highest BCUT2D eigenvalue weighted by Crippen LogP contribution is 2.24. The molecule has 3 heteroatoms. The molecule has 0 radical (unpaired) electrons. The maximum atomic E-state index is 12.3. The van der Waals surface area contributed by atoms with Crippen LogP contribution in [0.4, 0.5) is 0 Å². The Balaban J connectivity index is 1.42. The molecule has 2 aliphatic carbocycles. The highest BCUT2D eigenvalue weighted by Gasteiger charge is 2.16. The van der Waals surface area contributed by atoms with Gasteiger partial charge in [-0.1, -0.05) is 31.4 Å². The molecule has 3 nitrogen and oxygen atoms in total. The Morgan fingerprint density at radius 3 is 2.57 bits per heavy atom.